The summed E-state index contributed by atoms with van der Waals surface area (Å²) in [6.45, 7) is 4.70. The number of H-pyrrole nitrogens is 1. The summed E-state index contributed by atoms with van der Waals surface area (Å²) in [6, 6.07) is 13.1. The van der Waals surface area contributed by atoms with E-state index in [-0.39, 0.29) is 12.0 Å². The second-order valence-electron chi connectivity index (χ2n) is 15.8. The van der Waals surface area contributed by atoms with E-state index in [0.29, 0.717) is 29.4 Å². The maximum Gasteiger partial charge on any atom is 0.407 e. The Morgan fingerprint density at radius 2 is 1.64 bits per heavy atom. The smallest absolute Gasteiger partial charge is 0.407 e. The third-order valence-electron chi connectivity index (χ3n) is 12.8. The number of fused-ring (bicyclic) bond motifs is 10. The minimum atomic E-state index is -0.860. The Bertz CT molecular complexity index is 1940. The number of hydrogen-bond acceptors (Lipinski definition) is 6. The number of aromatic amines is 1. The lowest BCUT2D eigenvalue weighted by Gasteiger charge is -2.35. The highest BCUT2D eigenvalue weighted by molar-refractivity contribution is 5.84. The number of hydrogen-bond donors (Lipinski definition) is 4. The van der Waals surface area contributed by atoms with Crippen molar-refractivity contribution in [3.63, 3.8) is 0 Å². The number of carbonyl (C=O) groups is 1. The van der Waals surface area contributed by atoms with E-state index < -0.39 is 18.4 Å². The molecule has 0 spiro atoms. The number of amides is 1. The molecule has 6 aliphatic rings. The number of allylic oxidation sites excluding steroid dienone is 6. The molecule has 7 atom stereocenters. The van der Waals surface area contributed by atoms with E-state index >= 15 is 0 Å². The van der Waals surface area contributed by atoms with Crippen molar-refractivity contribution in [1.82, 2.24) is 20.2 Å². The lowest BCUT2D eigenvalue weighted by Crippen LogP contribution is -2.54. The average Bonchev–Trinajstić information content (AvgIpc) is 3.99. The van der Waals surface area contributed by atoms with Crippen molar-refractivity contribution >= 4 is 11.7 Å². The third-order valence-corrected chi connectivity index (χ3v) is 12.8. The zero-order valence-corrected chi connectivity index (χ0v) is 29.3. The Labute approximate surface area is 294 Å². The first-order valence-corrected chi connectivity index (χ1v) is 18.8. The number of aliphatic hydroxyl groups excluding tert-OH is 2. The zero-order chi connectivity index (χ0) is 34.3. The summed E-state index contributed by atoms with van der Waals surface area (Å²) in [5.74, 6) is 3.64. The van der Waals surface area contributed by atoms with Crippen LogP contribution in [-0.2, 0) is 4.74 Å². The molecule has 4 bridgehead atoms. The van der Waals surface area contributed by atoms with E-state index in [4.69, 9.17) is 9.72 Å². The fourth-order valence-electron chi connectivity index (χ4n) is 10.5. The first-order chi connectivity index (χ1) is 24.3. The van der Waals surface area contributed by atoms with Gasteiger partial charge in [0, 0.05) is 24.8 Å². The van der Waals surface area contributed by atoms with Gasteiger partial charge in [0.05, 0.1) is 36.8 Å². The molecule has 8 nitrogen and oxygen atoms in total. The molecule has 1 amide bonds. The van der Waals surface area contributed by atoms with Crippen LogP contribution >= 0.6 is 0 Å². The summed E-state index contributed by atoms with van der Waals surface area (Å²) < 4.78 is 4.82. The highest BCUT2D eigenvalue weighted by Crippen LogP contribution is 2.60. The quantitative estimate of drug-likeness (QED) is 0.179. The molecule has 1 saturated heterocycles. The van der Waals surface area contributed by atoms with Crippen LogP contribution in [0, 0.1) is 17.8 Å². The van der Waals surface area contributed by atoms with Crippen LogP contribution in [0.25, 0.3) is 28.0 Å². The van der Waals surface area contributed by atoms with Gasteiger partial charge < -0.3 is 25.3 Å². The largest absolute Gasteiger partial charge is 0.512 e. The first-order valence-electron chi connectivity index (χ1n) is 18.8. The number of benzene rings is 2. The molecule has 1 aliphatic heterocycles. The molecule has 50 heavy (non-hydrogen) atoms. The molecule has 0 radical (unpaired) electrons. The van der Waals surface area contributed by atoms with Gasteiger partial charge in [0.1, 0.15) is 12.1 Å². The van der Waals surface area contributed by atoms with E-state index in [1.165, 1.54) is 77.3 Å². The number of imidazole rings is 1. The van der Waals surface area contributed by atoms with Gasteiger partial charge in [-0.3, -0.25) is 4.90 Å². The Morgan fingerprint density at radius 3 is 2.38 bits per heavy atom. The molecule has 260 valence electrons. The number of nitrogens with zero attached hydrogens (tertiary/aromatic N) is 2. The molecular formula is C42H48N4O4. The molecule has 8 heteroatoms. The van der Waals surface area contributed by atoms with Crippen molar-refractivity contribution in [3.05, 3.63) is 94.2 Å². The standard InChI is InChI=1S/C42H48N4O4/c1-22(2)39(45-42(49)50-3)41(48)46-18-4-5-33(46)40-43-21-32(44-40)24-8-6-23(7-9-24)29-14-15-30(36-26-11-10-25(19-26)35(29)36)31-16-17-34(47)38-28-13-12-27(20-28)37(31)38/h6-11,14-15,21-22,25-28,33,39,41,47-48H,4-5,12-13,16-20H2,1-3H3,(H,43,44)(H,45,49). The lowest BCUT2D eigenvalue weighted by molar-refractivity contribution is -0.0440. The number of methoxy groups -OCH3 is 1. The molecule has 4 N–H and O–H groups in total. The minimum absolute atomic E-state index is 0.0198. The number of aromatic nitrogens is 2. The van der Waals surface area contributed by atoms with Gasteiger partial charge in [-0.25, -0.2) is 9.78 Å². The van der Waals surface area contributed by atoms with E-state index in [0.717, 1.165) is 49.3 Å². The Kier molecular flexibility index (Phi) is 7.81. The molecule has 9 rings (SSSR count). The highest BCUT2D eigenvalue weighted by atomic mass is 16.5. The Morgan fingerprint density at radius 1 is 0.940 bits per heavy atom. The highest BCUT2D eigenvalue weighted by Gasteiger charge is 2.46. The van der Waals surface area contributed by atoms with Gasteiger partial charge in [-0.05, 0) is 113 Å². The molecule has 2 heterocycles. The maximum atomic E-state index is 12.0. The molecule has 3 aromatic rings. The fraction of sp³-hybridized carbons (Fsp3) is 0.476. The number of likely N-dealkylation sites (tertiary alicyclic amines) is 1. The van der Waals surface area contributed by atoms with Crippen LogP contribution in [0.1, 0.15) is 106 Å². The number of rotatable bonds is 8. The summed E-state index contributed by atoms with van der Waals surface area (Å²) in [4.78, 5) is 22.4. The second-order valence-corrected chi connectivity index (χ2v) is 15.8. The zero-order valence-electron chi connectivity index (χ0n) is 29.3. The number of aliphatic hydroxyl groups is 2. The van der Waals surface area contributed by atoms with Gasteiger partial charge in [0.15, 0.2) is 0 Å². The van der Waals surface area contributed by atoms with Gasteiger partial charge in [0.25, 0.3) is 0 Å². The lowest BCUT2D eigenvalue weighted by atomic mass is 9.75. The van der Waals surface area contributed by atoms with E-state index in [9.17, 15) is 15.0 Å². The summed E-state index contributed by atoms with van der Waals surface area (Å²) in [5.41, 5.74) is 13.4. The third kappa shape index (κ3) is 5.01. The molecule has 3 fully saturated rings. The fourth-order valence-corrected chi connectivity index (χ4v) is 10.5. The van der Waals surface area contributed by atoms with Crippen molar-refractivity contribution < 1.29 is 19.7 Å². The SMILES string of the molecule is COC(=O)NC(C(C)C)C(O)N1CCCC1c1ncc(-c2ccc(-c3ccc(C4=C5C(=C(O)CC4)C4CCC5C4)c4c3C3C=CC4C3)cc2)[nH]1. The molecule has 1 aromatic heterocycles. The Hall–Kier alpha value is -4.14. The first kappa shape index (κ1) is 31.8. The monoisotopic (exact) mass is 672 g/mol. The predicted molar refractivity (Wildman–Crippen MR) is 194 cm³/mol. The van der Waals surface area contributed by atoms with Gasteiger partial charge in [-0.15, -0.1) is 0 Å². The van der Waals surface area contributed by atoms with E-state index in [1.54, 1.807) is 0 Å². The van der Waals surface area contributed by atoms with E-state index in [1.807, 2.05) is 24.9 Å². The molecule has 2 aromatic carbocycles. The van der Waals surface area contributed by atoms with Gasteiger partial charge >= 0.3 is 6.09 Å². The number of carbonyl (C=O) groups excluding carboxylic acids is 1. The van der Waals surface area contributed by atoms with Crippen molar-refractivity contribution in [1.29, 1.82) is 0 Å². The van der Waals surface area contributed by atoms with Gasteiger partial charge in [-0.1, -0.05) is 62.4 Å². The van der Waals surface area contributed by atoms with Crippen LogP contribution in [-0.4, -0.2) is 57.1 Å². The van der Waals surface area contributed by atoms with Crippen molar-refractivity contribution in [2.75, 3.05) is 13.7 Å². The summed E-state index contributed by atoms with van der Waals surface area (Å²) >= 11 is 0. The average molecular weight is 673 g/mol. The molecule has 5 aliphatic carbocycles. The summed E-state index contributed by atoms with van der Waals surface area (Å²) in [5, 5.41) is 25.1. The molecular weight excluding hydrogens is 624 g/mol. The van der Waals surface area contributed by atoms with Crippen LogP contribution in [0.4, 0.5) is 4.79 Å². The number of nitrogens with one attached hydrogen (secondary N) is 2. The summed E-state index contributed by atoms with van der Waals surface area (Å²) in [7, 11) is 1.34. The minimum Gasteiger partial charge on any atom is -0.512 e. The predicted octanol–water partition coefficient (Wildman–Crippen LogP) is 8.51. The number of alkyl carbamates (subject to hydrolysis) is 1. The van der Waals surface area contributed by atoms with Crippen molar-refractivity contribution in [3.8, 4) is 22.4 Å². The van der Waals surface area contributed by atoms with E-state index in [2.05, 4.69) is 58.9 Å². The normalized spacial score (nSPS) is 27.7. The second kappa shape index (κ2) is 12.3. The van der Waals surface area contributed by atoms with Crippen LogP contribution in [0.2, 0.25) is 0 Å². The van der Waals surface area contributed by atoms with Crippen molar-refractivity contribution in [2.24, 2.45) is 17.8 Å². The van der Waals surface area contributed by atoms with Crippen LogP contribution in [0.5, 0.6) is 0 Å². The van der Waals surface area contributed by atoms with Gasteiger partial charge in [0.2, 0.25) is 0 Å². The van der Waals surface area contributed by atoms with Crippen LogP contribution in [0.15, 0.2) is 71.7 Å². The van der Waals surface area contributed by atoms with Crippen LogP contribution in [0.3, 0.4) is 0 Å². The maximum absolute atomic E-state index is 12.0. The molecule has 7 unspecified atom stereocenters. The van der Waals surface area contributed by atoms with Gasteiger partial charge in [-0.2, -0.15) is 0 Å². The summed E-state index contributed by atoms with van der Waals surface area (Å²) in [6.07, 6.45) is 13.8. The number of ether oxygens (including phenoxy) is 1. The van der Waals surface area contributed by atoms with Crippen molar-refractivity contribution in [2.45, 2.75) is 95.4 Å². The topological polar surface area (TPSA) is 111 Å². The Balaban J connectivity index is 0.990. The van der Waals surface area contributed by atoms with Crippen LogP contribution < -0.4 is 5.32 Å². The molecule has 2 saturated carbocycles.